The molecule has 1 saturated heterocycles. The Morgan fingerprint density at radius 2 is 1.89 bits per heavy atom. The fraction of sp³-hybridized carbons (Fsp3) is 0.429. The zero-order chi connectivity index (χ0) is 25.9. The van der Waals surface area contributed by atoms with Gasteiger partial charge in [0, 0.05) is 37.5 Å². The van der Waals surface area contributed by atoms with Crippen LogP contribution in [0.3, 0.4) is 0 Å². The van der Waals surface area contributed by atoms with Crippen LogP contribution in [0.4, 0.5) is 10.2 Å². The topological polar surface area (TPSA) is 67.2 Å². The van der Waals surface area contributed by atoms with E-state index < -0.39 is 0 Å². The van der Waals surface area contributed by atoms with Crippen LogP contribution in [0, 0.1) is 18.7 Å². The maximum atomic E-state index is 13.6. The fourth-order valence-corrected chi connectivity index (χ4v) is 5.47. The van der Waals surface area contributed by atoms with Crippen molar-refractivity contribution in [1.29, 1.82) is 0 Å². The van der Waals surface area contributed by atoms with E-state index in [2.05, 4.69) is 18.7 Å². The largest absolute Gasteiger partial charge is 0.354 e. The molecule has 194 valence electrons. The summed E-state index contributed by atoms with van der Waals surface area (Å²) in [4.78, 5) is 28.3. The van der Waals surface area contributed by atoms with Gasteiger partial charge in [-0.1, -0.05) is 19.9 Å². The molecule has 0 saturated carbocycles. The highest BCUT2D eigenvalue weighted by Gasteiger charge is 2.25. The van der Waals surface area contributed by atoms with E-state index in [1.54, 1.807) is 28.2 Å². The molecule has 5 rings (SSSR count). The molecule has 3 aromatic heterocycles. The van der Waals surface area contributed by atoms with Crippen molar-refractivity contribution in [2.24, 2.45) is 5.92 Å². The average molecular weight is 521 g/mol. The van der Waals surface area contributed by atoms with Crippen LogP contribution in [0.1, 0.15) is 43.1 Å². The van der Waals surface area contributed by atoms with Gasteiger partial charge in [0.15, 0.2) is 5.65 Å². The Labute approximate surface area is 220 Å². The van der Waals surface area contributed by atoms with Gasteiger partial charge >= 0.3 is 0 Å². The van der Waals surface area contributed by atoms with Crippen LogP contribution in [-0.2, 0) is 17.6 Å². The molecule has 0 bridgehead atoms. The Morgan fingerprint density at radius 1 is 1.08 bits per heavy atom. The third-order valence-corrected chi connectivity index (χ3v) is 7.68. The first kappa shape index (κ1) is 25.3. The van der Waals surface area contributed by atoms with Gasteiger partial charge < -0.3 is 9.80 Å². The number of benzene rings is 1. The molecular weight excluding hydrogens is 487 g/mol. The van der Waals surface area contributed by atoms with E-state index in [0.29, 0.717) is 25.4 Å². The molecule has 37 heavy (non-hydrogen) atoms. The van der Waals surface area contributed by atoms with Gasteiger partial charge in [-0.2, -0.15) is 5.10 Å². The summed E-state index contributed by atoms with van der Waals surface area (Å²) in [6, 6.07) is 10.3. The Morgan fingerprint density at radius 3 is 2.62 bits per heavy atom. The average Bonchev–Trinajstić information content (AvgIpc) is 3.42. The zero-order valence-corrected chi connectivity index (χ0v) is 22.5. The van der Waals surface area contributed by atoms with Gasteiger partial charge in [-0.15, -0.1) is 11.3 Å². The molecule has 0 atom stereocenters. The van der Waals surface area contributed by atoms with Gasteiger partial charge in [-0.25, -0.2) is 19.0 Å². The molecule has 4 aromatic rings. The van der Waals surface area contributed by atoms with Crippen molar-refractivity contribution in [1.82, 2.24) is 24.6 Å². The van der Waals surface area contributed by atoms with Gasteiger partial charge in [0.05, 0.1) is 23.2 Å². The molecule has 1 amide bonds. The molecule has 0 N–H and O–H groups in total. The number of amides is 1. The second kappa shape index (κ2) is 11.0. The van der Waals surface area contributed by atoms with E-state index >= 15 is 0 Å². The number of carbonyl (C=O) groups is 1. The van der Waals surface area contributed by atoms with Crippen LogP contribution in [-0.4, -0.2) is 56.7 Å². The number of aromatic nitrogens is 4. The van der Waals surface area contributed by atoms with Crippen molar-refractivity contribution >= 4 is 34.1 Å². The second-order valence-corrected chi connectivity index (χ2v) is 11.1. The van der Waals surface area contributed by atoms with Gasteiger partial charge in [0.2, 0.25) is 5.91 Å². The normalized spacial score (nSPS) is 14.5. The van der Waals surface area contributed by atoms with E-state index in [4.69, 9.17) is 15.1 Å². The second-order valence-electron chi connectivity index (χ2n) is 10.0. The molecule has 0 radical (unpaired) electrons. The first-order valence-corrected chi connectivity index (χ1v) is 13.8. The number of anilines is 1. The van der Waals surface area contributed by atoms with Gasteiger partial charge in [-0.3, -0.25) is 4.79 Å². The molecule has 1 fully saturated rings. The number of rotatable bonds is 7. The van der Waals surface area contributed by atoms with E-state index in [0.717, 1.165) is 71.3 Å². The SMILES string of the molecule is Cc1nn(-c2ccc(F)cc2)c2nc(CCC(C)C)nc(N3CCCN(C(=O)Cc4cccs4)CC3)c12. The van der Waals surface area contributed by atoms with Crippen molar-refractivity contribution in [3.63, 3.8) is 0 Å². The fourth-order valence-electron chi connectivity index (χ4n) is 4.78. The van der Waals surface area contributed by atoms with Crippen LogP contribution in [0.5, 0.6) is 0 Å². The smallest absolute Gasteiger partial charge is 0.227 e. The standard InChI is InChI=1S/C28H33FN6OS/c1-19(2)7-12-24-30-27(26-20(3)32-35(28(26)31-24)22-10-8-21(29)9-11-22)34-14-5-13-33(15-16-34)25(36)18-23-6-4-17-37-23/h4,6,8-11,17,19H,5,7,12-16,18H2,1-3H3. The lowest BCUT2D eigenvalue weighted by Crippen LogP contribution is -2.36. The summed E-state index contributed by atoms with van der Waals surface area (Å²) in [7, 11) is 0. The van der Waals surface area contributed by atoms with Gasteiger partial charge in [0.25, 0.3) is 0 Å². The van der Waals surface area contributed by atoms with Crippen LogP contribution in [0.15, 0.2) is 41.8 Å². The van der Waals surface area contributed by atoms with E-state index in [1.165, 1.54) is 12.1 Å². The minimum atomic E-state index is -0.285. The lowest BCUT2D eigenvalue weighted by atomic mass is 10.1. The first-order valence-electron chi connectivity index (χ1n) is 13.0. The highest BCUT2D eigenvalue weighted by Crippen LogP contribution is 2.30. The van der Waals surface area contributed by atoms with Crippen molar-refractivity contribution in [3.05, 3.63) is 64.0 Å². The maximum Gasteiger partial charge on any atom is 0.227 e. The Hall–Kier alpha value is -3.33. The van der Waals surface area contributed by atoms with E-state index in [1.807, 2.05) is 29.3 Å². The number of carbonyl (C=O) groups excluding carboxylic acids is 1. The molecule has 9 heteroatoms. The van der Waals surface area contributed by atoms with Crippen molar-refractivity contribution in [3.8, 4) is 5.69 Å². The minimum absolute atomic E-state index is 0.176. The van der Waals surface area contributed by atoms with Crippen molar-refractivity contribution in [2.75, 3.05) is 31.1 Å². The summed E-state index contributed by atoms with van der Waals surface area (Å²) in [6.45, 7) is 9.27. The van der Waals surface area contributed by atoms with E-state index in [-0.39, 0.29) is 11.7 Å². The first-order chi connectivity index (χ1) is 17.9. The Kier molecular flexibility index (Phi) is 7.50. The number of hydrogen-bond acceptors (Lipinski definition) is 6. The number of halogens is 1. The summed E-state index contributed by atoms with van der Waals surface area (Å²) in [5.41, 5.74) is 2.34. The molecule has 7 nitrogen and oxygen atoms in total. The third-order valence-electron chi connectivity index (χ3n) is 6.80. The number of fused-ring (bicyclic) bond motifs is 1. The third kappa shape index (κ3) is 5.66. The van der Waals surface area contributed by atoms with Gasteiger partial charge in [-0.05, 0) is 61.4 Å². The number of nitrogens with zero attached hydrogens (tertiary/aromatic N) is 6. The number of hydrogen-bond donors (Lipinski definition) is 0. The molecule has 1 aliphatic heterocycles. The molecule has 0 spiro atoms. The molecule has 0 aliphatic carbocycles. The number of thiophene rings is 1. The van der Waals surface area contributed by atoms with Crippen molar-refractivity contribution < 1.29 is 9.18 Å². The summed E-state index contributed by atoms with van der Waals surface area (Å²) < 4.78 is 15.4. The molecule has 1 aromatic carbocycles. The molecule has 1 aliphatic rings. The minimum Gasteiger partial charge on any atom is -0.354 e. The highest BCUT2D eigenvalue weighted by molar-refractivity contribution is 7.10. The Balaban J connectivity index is 1.48. The van der Waals surface area contributed by atoms with E-state index in [9.17, 15) is 9.18 Å². The van der Waals surface area contributed by atoms with Crippen LogP contribution in [0.25, 0.3) is 16.7 Å². The molecule has 4 heterocycles. The Bertz CT molecular complexity index is 1370. The summed E-state index contributed by atoms with van der Waals surface area (Å²) >= 11 is 1.63. The maximum absolute atomic E-state index is 13.6. The number of aryl methyl sites for hydroxylation is 2. The van der Waals surface area contributed by atoms with Crippen LogP contribution < -0.4 is 4.90 Å². The quantitative estimate of drug-likeness (QED) is 0.335. The zero-order valence-electron chi connectivity index (χ0n) is 21.7. The lowest BCUT2D eigenvalue weighted by Gasteiger charge is -2.24. The van der Waals surface area contributed by atoms with Gasteiger partial charge in [0.1, 0.15) is 17.5 Å². The summed E-state index contributed by atoms with van der Waals surface area (Å²) in [5.74, 6) is 2.09. The molecular formula is C28H33FN6OS. The van der Waals surface area contributed by atoms with Crippen molar-refractivity contribution in [2.45, 2.75) is 46.5 Å². The highest BCUT2D eigenvalue weighted by atomic mass is 32.1. The van der Waals surface area contributed by atoms with Crippen LogP contribution >= 0.6 is 11.3 Å². The summed E-state index contributed by atoms with van der Waals surface area (Å²) in [5, 5.41) is 7.72. The monoisotopic (exact) mass is 520 g/mol. The lowest BCUT2D eigenvalue weighted by molar-refractivity contribution is -0.130. The van der Waals surface area contributed by atoms with Crippen LogP contribution in [0.2, 0.25) is 0 Å². The predicted molar refractivity (Wildman–Crippen MR) is 146 cm³/mol. The predicted octanol–water partition coefficient (Wildman–Crippen LogP) is 5.19. The summed E-state index contributed by atoms with van der Waals surface area (Å²) in [6.07, 6.45) is 3.08. The molecule has 0 unspecified atom stereocenters.